The van der Waals surface area contributed by atoms with Gasteiger partial charge in [0.05, 0.1) is 29.2 Å². The highest BCUT2D eigenvalue weighted by Crippen LogP contribution is 2.23. The zero-order chi connectivity index (χ0) is 19.2. The summed E-state index contributed by atoms with van der Waals surface area (Å²) < 4.78 is 6.47. The van der Waals surface area contributed by atoms with E-state index < -0.39 is 0 Å². The highest BCUT2D eigenvalue weighted by Gasteiger charge is 2.10. The van der Waals surface area contributed by atoms with Gasteiger partial charge in [-0.25, -0.2) is 9.98 Å². The van der Waals surface area contributed by atoms with Crippen molar-refractivity contribution < 1.29 is 4.74 Å². The van der Waals surface area contributed by atoms with E-state index in [-0.39, 0.29) is 0 Å². The summed E-state index contributed by atoms with van der Waals surface area (Å²) in [5.41, 5.74) is 5.71. The molecule has 0 bridgehead atoms. The summed E-state index contributed by atoms with van der Waals surface area (Å²) >= 11 is 1.58. The number of methoxy groups -OCH3 is 1. The van der Waals surface area contributed by atoms with E-state index in [1.165, 1.54) is 0 Å². The second-order valence-corrected chi connectivity index (χ2v) is 6.93. The van der Waals surface area contributed by atoms with Crippen LogP contribution in [0, 0.1) is 0 Å². The summed E-state index contributed by atoms with van der Waals surface area (Å²) in [6, 6.07) is 25.5. The van der Waals surface area contributed by atoms with Crippen LogP contribution in [-0.2, 0) is 0 Å². The molecule has 0 unspecified atom stereocenters. The van der Waals surface area contributed by atoms with Gasteiger partial charge in [-0.2, -0.15) is 5.10 Å². The van der Waals surface area contributed by atoms with Crippen molar-refractivity contribution in [2.45, 2.75) is 0 Å². The number of fused-ring (bicyclic) bond motifs is 1. The Morgan fingerprint density at radius 1 is 0.964 bits per heavy atom. The second-order valence-electron chi connectivity index (χ2n) is 5.89. The van der Waals surface area contributed by atoms with Crippen LogP contribution in [0.25, 0.3) is 10.2 Å². The van der Waals surface area contributed by atoms with Crippen LogP contribution < -0.4 is 10.2 Å². The summed E-state index contributed by atoms with van der Waals surface area (Å²) in [5.74, 6) is 1.35. The van der Waals surface area contributed by atoms with E-state index in [9.17, 15) is 0 Å². The summed E-state index contributed by atoms with van der Waals surface area (Å²) in [6.45, 7) is 0. The largest absolute Gasteiger partial charge is 0.496 e. The van der Waals surface area contributed by atoms with E-state index >= 15 is 0 Å². The molecule has 138 valence electrons. The van der Waals surface area contributed by atoms with Crippen molar-refractivity contribution in [1.29, 1.82) is 0 Å². The highest BCUT2D eigenvalue weighted by molar-refractivity contribution is 7.20. The molecule has 0 spiro atoms. The number of amidine groups is 1. The third-order valence-corrected chi connectivity index (χ3v) is 5.05. The summed E-state index contributed by atoms with van der Waals surface area (Å²) in [5, 5.41) is 5.15. The van der Waals surface area contributed by atoms with Crippen molar-refractivity contribution in [3.63, 3.8) is 0 Å². The summed E-state index contributed by atoms with van der Waals surface area (Å²) in [4.78, 5) is 9.40. The fraction of sp³-hybridized carbons (Fsp3) is 0.0455. The number of rotatable bonds is 5. The lowest BCUT2D eigenvalue weighted by Crippen LogP contribution is -2.18. The maximum Gasteiger partial charge on any atom is 0.183 e. The number of para-hydroxylation sites is 3. The molecule has 1 N–H and O–H groups in total. The number of nitrogens with zero attached hydrogens (tertiary/aromatic N) is 3. The molecule has 0 radical (unpaired) electrons. The van der Waals surface area contributed by atoms with Crippen LogP contribution >= 0.6 is 11.3 Å². The quantitative estimate of drug-likeness (QED) is 0.298. The lowest BCUT2D eigenvalue weighted by atomic mass is 10.2. The molecule has 0 atom stereocenters. The Balaban J connectivity index is 1.67. The van der Waals surface area contributed by atoms with Gasteiger partial charge in [0, 0.05) is 5.56 Å². The molecule has 3 aromatic carbocycles. The van der Waals surface area contributed by atoms with Gasteiger partial charge >= 0.3 is 0 Å². The van der Waals surface area contributed by atoms with Crippen LogP contribution in [0.3, 0.4) is 0 Å². The van der Waals surface area contributed by atoms with Gasteiger partial charge in [0.15, 0.2) is 10.8 Å². The molecular weight excluding hydrogens is 368 g/mol. The monoisotopic (exact) mass is 386 g/mol. The SMILES string of the molecule is COc1ccccc1C=NNC(=Nc1ccccc1)c1nc2ccccc2s1. The van der Waals surface area contributed by atoms with Crippen molar-refractivity contribution in [2.75, 3.05) is 7.11 Å². The van der Waals surface area contributed by atoms with Gasteiger partial charge in [-0.3, -0.25) is 5.43 Å². The normalized spacial score (nSPS) is 11.8. The minimum Gasteiger partial charge on any atom is -0.496 e. The van der Waals surface area contributed by atoms with Crippen LogP contribution in [0.4, 0.5) is 5.69 Å². The van der Waals surface area contributed by atoms with Gasteiger partial charge in [0.1, 0.15) is 5.75 Å². The van der Waals surface area contributed by atoms with Crippen molar-refractivity contribution in [2.24, 2.45) is 10.1 Å². The number of hydrogen-bond donors (Lipinski definition) is 1. The van der Waals surface area contributed by atoms with Crippen LogP contribution in [0.15, 0.2) is 89.0 Å². The minimum atomic E-state index is 0.596. The Morgan fingerprint density at radius 2 is 1.71 bits per heavy atom. The third kappa shape index (κ3) is 4.07. The molecule has 6 heteroatoms. The first-order chi connectivity index (χ1) is 13.8. The third-order valence-electron chi connectivity index (χ3n) is 4.01. The molecule has 1 heterocycles. The van der Waals surface area contributed by atoms with Gasteiger partial charge in [0.2, 0.25) is 0 Å². The number of aromatic nitrogens is 1. The van der Waals surface area contributed by atoms with Gasteiger partial charge in [-0.1, -0.05) is 42.5 Å². The molecule has 0 saturated heterocycles. The van der Waals surface area contributed by atoms with Gasteiger partial charge in [-0.05, 0) is 36.4 Å². The molecular formula is C22H18N4OS. The molecule has 4 rings (SSSR count). The standard InChI is InChI=1S/C22H18N4OS/c1-27-19-13-7-5-9-16(19)15-23-26-21(24-17-10-3-2-4-11-17)22-25-18-12-6-8-14-20(18)28-22/h2-15H,1H3,(H,24,26). The van der Waals surface area contributed by atoms with Crippen LogP contribution in [-0.4, -0.2) is 24.1 Å². The van der Waals surface area contributed by atoms with Crippen molar-refractivity contribution in [3.8, 4) is 5.75 Å². The van der Waals surface area contributed by atoms with Crippen molar-refractivity contribution in [3.05, 3.63) is 89.4 Å². The maximum absolute atomic E-state index is 5.36. The number of nitrogens with one attached hydrogen (secondary N) is 1. The Bertz CT molecular complexity index is 1100. The number of ether oxygens (including phenoxy) is 1. The second kappa shape index (κ2) is 8.45. The highest BCUT2D eigenvalue weighted by atomic mass is 32.1. The lowest BCUT2D eigenvalue weighted by molar-refractivity contribution is 0.414. The minimum absolute atomic E-state index is 0.596. The smallest absolute Gasteiger partial charge is 0.183 e. The topological polar surface area (TPSA) is 58.9 Å². The molecule has 0 aliphatic rings. The molecule has 4 aromatic rings. The first-order valence-electron chi connectivity index (χ1n) is 8.75. The zero-order valence-electron chi connectivity index (χ0n) is 15.2. The predicted molar refractivity (Wildman–Crippen MR) is 116 cm³/mol. The molecule has 0 amide bonds. The Labute approximate surface area is 167 Å². The van der Waals surface area contributed by atoms with Crippen molar-refractivity contribution in [1.82, 2.24) is 10.4 Å². The maximum atomic E-state index is 5.36. The molecule has 0 saturated carbocycles. The predicted octanol–water partition coefficient (Wildman–Crippen LogP) is 5.01. The van der Waals surface area contributed by atoms with Gasteiger partial charge in [0.25, 0.3) is 0 Å². The number of hydrogen-bond acceptors (Lipinski definition) is 5. The average Bonchev–Trinajstić information content (AvgIpc) is 3.18. The Morgan fingerprint density at radius 3 is 2.54 bits per heavy atom. The average molecular weight is 386 g/mol. The lowest BCUT2D eigenvalue weighted by Gasteiger charge is -2.05. The van der Waals surface area contributed by atoms with Crippen LogP contribution in [0.5, 0.6) is 5.75 Å². The molecule has 0 aliphatic carbocycles. The fourth-order valence-corrected chi connectivity index (χ4v) is 3.57. The van der Waals surface area contributed by atoms with E-state index in [0.717, 1.165) is 32.2 Å². The Hall–Kier alpha value is -3.51. The number of hydrazone groups is 1. The van der Waals surface area contributed by atoms with Crippen LogP contribution in [0.1, 0.15) is 10.6 Å². The Kier molecular flexibility index (Phi) is 5.40. The first-order valence-corrected chi connectivity index (χ1v) is 9.57. The van der Waals surface area contributed by atoms with E-state index in [1.54, 1.807) is 24.7 Å². The number of benzene rings is 3. The van der Waals surface area contributed by atoms with E-state index in [4.69, 9.17) is 14.7 Å². The van der Waals surface area contributed by atoms with Crippen LogP contribution in [0.2, 0.25) is 0 Å². The molecule has 1 aromatic heterocycles. The summed E-state index contributed by atoms with van der Waals surface area (Å²) in [6.07, 6.45) is 1.71. The van der Waals surface area contributed by atoms with Gasteiger partial charge in [-0.15, -0.1) is 11.3 Å². The number of thiazole rings is 1. The van der Waals surface area contributed by atoms with E-state index in [0.29, 0.717) is 5.84 Å². The molecule has 28 heavy (non-hydrogen) atoms. The molecule has 0 fully saturated rings. The fourth-order valence-electron chi connectivity index (χ4n) is 2.66. The number of aliphatic imine (C=N–C) groups is 1. The van der Waals surface area contributed by atoms with Crippen molar-refractivity contribution >= 4 is 39.3 Å². The first kappa shape index (κ1) is 17.9. The van der Waals surface area contributed by atoms with E-state index in [2.05, 4.69) is 16.6 Å². The van der Waals surface area contributed by atoms with E-state index in [1.807, 2.05) is 72.8 Å². The van der Waals surface area contributed by atoms with Gasteiger partial charge < -0.3 is 4.74 Å². The molecule has 5 nitrogen and oxygen atoms in total. The zero-order valence-corrected chi connectivity index (χ0v) is 16.1. The molecule has 0 aliphatic heterocycles. The summed E-state index contributed by atoms with van der Waals surface area (Å²) in [7, 11) is 1.64.